The van der Waals surface area contributed by atoms with Gasteiger partial charge >= 0.3 is 0 Å². The highest BCUT2D eigenvalue weighted by Crippen LogP contribution is 2.45. The molecule has 0 unspecified atom stereocenters. The van der Waals surface area contributed by atoms with Gasteiger partial charge in [-0.05, 0) is 38.1 Å². The van der Waals surface area contributed by atoms with Crippen molar-refractivity contribution in [2.45, 2.75) is 17.7 Å². The van der Waals surface area contributed by atoms with Gasteiger partial charge in [0.2, 0.25) is 10.0 Å². The summed E-state index contributed by atoms with van der Waals surface area (Å²) in [7, 11) is -2.18. The lowest BCUT2D eigenvalue weighted by Crippen LogP contribution is -2.21. The van der Waals surface area contributed by atoms with Gasteiger partial charge in [-0.15, -0.1) is 0 Å². The van der Waals surface area contributed by atoms with E-state index >= 15 is 0 Å². The molecule has 0 spiro atoms. The van der Waals surface area contributed by atoms with Gasteiger partial charge in [-0.25, -0.2) is 13.1 Å². The summed E-state index contributed by atoms with van der Waals surface area (Å²) >= 11 is 0. The smallest absolute Gasteiger partial charge is 0.242 e. The predicted octanol–water partition coefficient (Wildman–Crippen LogP) is 0.361. The monoisotopic (exact) mass is 285 g/mol. The SMILES string of the molecule is CNS(=O)(=O)c1ccc(NCC2(CO)CC2)cc1N. The molecular weight excluding hydrogens is 266 g/mol. The summed E-state index contributed by atoms with van der Waals surface area (Å²) in [6.45, 7) is 0.836. The van der Waals surface area contributed by atoms with E-state index in [2.05, 4.69) is 10.0 Å². The van der Waals surface area contributed by atoms with Crippen LogP contribution in [0.3, 0.4) is 0 Å². The number of benzene rings is 1. The maximum Gasteiger partial charge on any atom is 0.242 e. The number of aliphatic hydroxyl groups is 1. The molecule has 0 aliphatic heterocycles. The Morgan fingerprint density at radius 2 is 2.11 bits per heavy atom. The Morgan fingerprint density at radius 1 is 1.42 bits per heavy atom. The predicted molar refractivity (Wildman–Crippen MR) is 74.3 cm³/mol. The van der Waals surface area contributed by atoms with E-state index in [1.54, 1.807) is 12.1 Å². The molecule has 0 radical (unpaired) electrons. The third kappa shape index (κ3) is 2.99. The van der Waals surface area contributed by atoms with Crippen molar-refractivity contribution in [3.63, 3.8) is 0 Å². The van der Waals surface area contributed by atoms with Crippen molar-refractivity contribution in [2.24, 2.45) is 5.41 Å². The van der Waals surface area contributed by atoms with Crippen LogP contribution in [0, 0.1) is 5.41 Å². The fourth-order valence-electron chi connectivity index (χ4n) is 1.87. The molecule has 7 heteroatoms. The Hall–Kier alpha value is -1.31. The number of nitrogens with one attached hydrogen (secondary N) is 2. The van der Waals surface area contributed by atoms with Crippen LogP contribution in [-0.2, 0) is 10.0 Å². The molecule has 0 saturated heterocycles. The lowest BCUT2D eigenvalue weighted by Gasteiger charge is -2.15. The van der Waals surface area contributed by atoms with E-state index in [0.29, 0.717) is 6.54 Å². The summed E-state index contributed by atoms with van der Waals surface area (Å²) in [6, 6.07) is 4.74. The van der Waals surface area contributed by atoms with Crippen LogP contribution >= 0.6 is 0 Å². The summed E-state index contributed by atoms with van der Waals surface area (Å²) in [5, 5.41) is 12.4. The van der Waals surface area contributed by atoms with E-state index in [-0.39, 0.29) is 22.6 Å². The van der Waals surface area contributed by atoms with Crippen molar-refractivity contribution < 1.29 is 13.5 Å². The van der Waals surface area contributed by atoms with Gasteiger partial charge in [-0.3, -0.25) is 0 Å². The van der Waals surface area contributed by atoms with Gasteiger partial charge < -0.3 is 16.2 Å². The second-order valence-corrected chi connectivity index (χ2v) is 6.83. The Balaban J connectivity index is 2.11. The number of nitrogens with two attached hydrogens (primary N) is 1. The molecule has 0 atom stereocenters. The van der Waals surface area contributed by atoms with Crippen molar-refractivity contribution in [2.75, 3.05) is 31.2 Å². The van der Waals surface area contributed by atoms with E-state index < -0.39 is 10.0 Å². The van der Waals surface area contributed by atoms with Crippen LogP contribution in [-0.4, -0.2) is 33.7 Å². The molecule has 0 bridgehead atoms. The molecule has 19 heavy (non-hydrogen) atoms. The van der Waals surface area contributed by atoms with Crippen molar-refractivity contribution in [1.82, 2.24) is 4.72 Å². The zero-order valence-electron chi connectivity index (χ0n) is 10.8. The van der Waals surface area contributed by atoms with Crippen LogP contribution in [0.15, 0.2) is 23.1 Å². The van der Waals surface area contributed by atoms with Crippen LogP contribution in [0.1, 0.15) is 12.8 Å². The fraction of sp³-hybridized carbons (Fsp3) is 0.500. The summed E-state index contributed by atoms with van der Waals surface area (Å²) in [5.41, 5.74) is 6.71. The summed E-state index contributed by atoms with van der Waals surface area (Å²) in [4.78, 5) is 0.0730. The van der Waals surface area contributed by atoms with E-state index in [1.165, 1.54) is 13.1 Å². The quantitative estimate of drug-likeness (QED) is 0.565. The second-order valence-electron chi connectivity index (χ2n) is 4.97. The largest absolute Gasteiger partial charge is 0.398 e. The minimum absolute atomic E-state index is 0.00944. The molecule has 0 heterocycles. The first-order chi connectivity index (χ1) is 8.92. The number of hydrogen-bond donors (Lipinski definition) is 4. The average Bonchev–Trinajstić information content (AvgIpc) is 3.17. The molecule has 1 aromatic rings. The van der Waals surface area contributed by atoms with Crippen LogP contribution in [0.25, 0.3) is 0 Å². The molecule has 6 nitrogen and oxygen atoms in total. The summed E-state index contributed by atoms with van der Waals surface area (Å²) in [5.74, 6) is 0. The van der Waals surface area contributed by atoms with E-state index in [4.69, 9.17) is 5.73 Å². The van der Waals surface area contributed by atoms with E-state index in [0.717, 1.165) is 18.5 Å². The normalized spacial score (nSPS) is 17.2. The molecule has 5 N–H and O–H groups in total. The van der Waals surface area contributed by atoms with Gasteiger partial charge in [0.15, 0.2) is 0 Å². The molecule has 106 valence electrons. The summed E-state index contributed by atoms with van der Waals surface area (Å²) < 4.78 is 25.6. The Morgan fingerprint density at radius 3 is 2.58 bits per heavy atom. The minimum Gasteiger partial charge on any atom is -0.398 e. The maximum atomic E-state index is 11.7. The lowest BCUT2D eigenvalue weighted by molar-refractivity contribution is 0.220. The fourth-order valence-corrected chi connectivity index (χ4v) is 2.71. The van der Waals surface area contributed by atoms with Gasteiger partial charge in [0.1, 0.15) is 4.90 Å². The molecule has 0 amide bonds. The van der Waals surface area contributed by atoms with E-state index in [1.807, 2.05) is 0 Å². The van der Waals surface area contributed by atoms with Gasteiger partial charge in [-0.2, -0.15) is 0 Å². The van der Waals surface area contributed by atoms with Gasteiger partial charge in [-0.1, -0.05) is 0 Å². The molecule has 1 aromatic carbocycles. The van der Waals surface area contributed by atoms with Crippen LogP contribution in [0.2, 0.25) is 0 Å². The Labute approximate surface area is 113 Å². The minimum atomic E-state index is -3.52. The van der Waals surface area contributed by atoms with Gasteiger partial charge in [0.05, 0.1) is 12.3 Å². The molecular formula is C12H19N3O3S. The van der Waals surface area contributed by atoms with Gasteiger partial charge in [0.25, 0.3) is 0 Å². The molecule has 1 saturated carbocycles. The van der Waals surface area contributed by atoms with Crippen molar-refractivity contribution in [3.8, 4) is 0 Å². The highest BCUT2D eigenvalue weighted by Gasteiger charge is 2.41. The van der Waals surface area contributed by atoms with Gasteiger partial charge in [0, 0.05) is 17.6 Å². The second kappa shape index (κ2) is 4.99. The van der Waals surface area contributed by atoms with Crippen molar-refractivity contribution in [3.05, 3.63) is 18.2 Å². The van der Waals surface area contributed by atoms with Crippen molar-refractivity contribution in [1.29, 1.82) is 0 Å². The molecule has 1 aliphatic carbocycles. The first-order valence-electron chi connectivity index (χ1n) is 6.10. The zero-order valence-corrected chi connectivity index (χ0v) is 11.6. The van der Waals surface area contributed by atoms with Crippen LogP contribution in [0.4, 0.5) is 11.4 Å². The third-order valence-corrected chi connectivity index (χ3v) is 5.02. The Kier molecular flexibility index (Phi) is 3.71. The average molecular weight is 285 g/mol. The number of sulfonamides is 1. The number of nitrogen functional groups attached to an aromatic ring is 1. The molecule has 1 fully saturated rings. The molecule has 1 aliphatic rings. The number of rotatable bonds is 6. The molecule has 0 aromatic heterocycles. The number of anilines is 2. The zero-order chi connectivity index (χ0) is 14.1. The number of aliphatic hydroxyl groups excluding tert-OH is 1. The first kappa shape index (κ1) is 14.1. The Bertz CT molecular complexity index is 568. The number of hydrogen-bond acceptors (Lipinski definition) is 5. The topological polar surface area (TPSA) is 104 Å². The van der Waals surface area contributed by atoms with Crippen molar-refractivity contribution >= 4 is 21.4 Å². The highest BCUT2D eigenvalue weighted by atomic mass is 32.2. The summed E-state index contributed by atoms with van der Waals surface area (Å²) in [6.07, 6.45) is 2.02. The standard InChI is InChI=1S/C12H19N3O3S/c1-14-19(17,18)11-3-2-9(6-10(11)13)15-7-12(8-16)4-5-12/h2-3,6,14-16H,4-5,7-8,13H2,1H3. The lowest BCUT2D eigenvalue weighted by atomic mass is 10.1. The third-order valence-electron chi connectivity index (χ3n) is 3.53. The van der Waals surface area contributed by atoms with Crippen LogP contribution < -0.4 is 15.8 Å². The highest BCUT2D eigenvalue weighted by molar-refractivity contribution is 7.89. The molecule has 2 rings (SSSR count). The first-order valence-corrected chi connectivity index (χ1v) is 7.59. The maximum absolute atomic E-state index is 11.7. The van der Waals surface area contributed by atoms with Crippen LogP contribution in [0.5, 0.6) is 0 Å². The van der Waals surface area contributed by atoms with E-state index in [9.17, 15) is 13.5 Å².